The molecule has 0 saturated carbocycles. The normalized spacial score (nSPS) is 29.3. The second-order valence-corrected chi connectivity index (χ2v) is 6.13. The second-order valence-electron chi connectivity index (χ2n) is 3.98. The van der Waals surface area contributed by atoms with Crippen LogP contribution in [0.5, 0.6) is 0 Å². The first-order valence-corrected chi connectivity index (χ1v) is 6.79. The molecule has 0 spiro atoms. The van der Waals surface area contributed by atoms with Crippen molar-refractivity contribution in [1.29, 1.82) is 0 Å². The van der Waals surface area contributed by atoms with Crippen LogP contribution in [0, 0.1) is 5.92 Å². The summed E-state index contributed by atoms with van der Waals surface area (Å²) in [7, 11) is 0. The van der Waals surface area contributed by atoms with Crippen molar-refractivity contribution in [2.24, 2.45) is 5.92 Å². The van der Waals surface area contributed by atoms with Crippen molar-refractivity contribution >= 4 is 27.3 Å². The van der Waals surface area contributed by atoms with Crippen molar-refractivity contribution in [3.8, 4) is 0 Å². The maximum atomic E-state index is 4.10. The van der Waals surface area contributed by atoms with Crippen LogP contribution < -0.4 is 0 Å². The number of aromatic nitrogens is 1. The van der Waals surface area contributed by atoms with Gasteiger partial charge in [-0.05, 0) is 18.9 Å². The number of alkyl halides is 1. The van der Waals surface area contributed by atoms with Gasteiger partial charge in [0.25, 0.3) is 0 Å². The van der Waals surface area contributed by atoms with Crippen LogP contribution in [0.2, 0.25) is 0 Å². The van der Waals surface area contributed by atoms with Crippen molar-refractivity contribution in [3.05, 3.63) is 16.6 Å². The van der Waals surface area contributed by atoms with E-state index in [1.54, 1.807) is 11.3 Å². The number of rotatable bonds is 2. The first kappa shape index (κ1) is 10.6. The lowest BCUT2D eigenvalue weighted by molar-refractivity contribution is 0.195. The zero-order valence-corrected chi connectivity index (χ0v) is 10.7. The van der Waals surface area contributed by atoms with Crippen LogP contribution in [0.25, 0.3) is 0 Å². The summed E-state index contributed by atoms with van der Waals surface area (Å²) in [6, 6.07) is 0. The molecular formula is C10H15BrN2S. The lowest BCUT2D eigenvalue weighted by Gasteiger charge is -2.33. The molecule has 1 aliphatic heterocycles. The van der Waals surface area contributed by atoms with Gasteiger partial charge in [-0.25, -0.2) is 0 Å². The van der Waals surface area contributed by atoms with E-state index >= 15 is 0 Å². The number of hydrogen-bond acceptors (Lipinski definition) is 3. The summed E-state index contributed by atoms with van der Waals surface area (Å²) in [6.45, 7) is 5.78. The van der Waals surface area contributed by atoms with Crippen LogP contribution >= 0.6 is 27.3 Å². The Bertz CT molecular complexity index is 276. The molecule has 0 bridgehead atoms. The van der Waals surface area contributed by atoms with Gasteiger partial charge in [-0.15, -0.1) is 11.3 Å². The number of hydrogen-bond donors (Lipinski definition) is 0. The summed E-state index contributed by atoms with van der Waals surface area (Å²) in [4.78, 5) is 8.64. The highest BCUT2D eigenvalue weighted by Crippen LogP contribution is 2.24. The highest BCUT2D eigenvalue weighted by Gasteiger charge is 2.23. The Morgan fingerprint density at radius 3 is 3.21 bits per heavy atom. The summed E-state index contributed by atoms with van der Waals surface area (Å²) in [5.74, 6) is 0.813. The molecule has 1 saturated heterocycles. The Hall–Kier alpha value is 0.0700. The Balaban J connectivity index is 1.88. The van der Waals surface area contributed by atoms with Gasteiger partial charge >= 0.3 is 0 Å². The minimum absolute atomic E-state index is 0.657. The maximum absolute atomic E-state index is 4.10. The molecule has 2 heterocycles. The zero-order valence-electron chi connectivity index (χ0n) is 8.32. The van der Waals surface area contributed by atoms with E-state index in [0.29, 0.717) is 4.83 Å². The Morgan fingerprint density at radius 1 is 1.71 bits per heavy atom. The number of halogens is 1. The average Bonchev–Trinajstić information content (AvgIpc) is 2.64. The number of likely N-dealkylation sites (tertiary alicyclic amines) is 1. The molecule has 1 fully saturated rings. The Kier molecular flexibility index (Phi) is 3.57. The van der Waals surface area contributed by atoms with Gasteiger partial charge in [0, 0.05) is 29.0 Å². The predicted molar refractivity (Wildman–Crippen MR) is 63.9 cm³/mol. The van der Waals surface area contributed by atoms with Crippen molar-refractivity contribution < 1.29 is 0 Å². The molecular weight excluding hydrogens is 260 g/mol. The van der Waals surface area contributed by atoms with E-state index in [1.807, 2.05) is 11.7 Å². The van der Waals surface area contributed by atoms with E-state index in [2.05, 4.69) is 32.7 Å². The molecule has 2 unspecified atom stereocenters. The van der Waals surface area contributed by atoms with Crippen LogP contribution in [0.3, 0.4) is 0 Å². The van der Waals surface area contributed by atoms with Gasteiger partial charge in [0.2, 0.25) is 0 Å². The summed E-state index contributed by atoms with van der Waals surface area (Å²) in [5.41, 5.74) is 1.91. The number of piperidine rings is 1. The van der Waals surface area contributed by atoms with Gasteiger partial charge in [0.1, 0.15) is 0 Å². The fraction of sp³-hybridized carbons (Fsp3) is 0.700. The minimum atomic E-state index is 0.657. The molecule has 4 heteroatoms. The summed E-state index contributed by atoms with van der Waals surface area (Å²) in [6.07, 6.45) is 3.28. The molecule has 0 aromatic carbocycles. The molecule has 78 valence electrons. The van der Waals surface area contributed by atoms with Gasteiger partial charge in [-0.2, -0.15) is 0 Å². The van der Waals surface area contributed by atoms with E-state index in [1.165, 1.54) is 24.4 Å². The van der Waals surface area contributed by atoms with Gasteiger partial charge in [-0.1, -0.05) is 22.9 Å². The SMILES string of the molecule is CC1CCN(Cc2cncs2)CC1Br. The van der Waals surface area contributed by atoms with Gasteiger partial charge in [-0.3, -0.25) is 9.88 Å². The molecule has 2 nitrogen and oxygen atoms in total. The Labute approximate surface area is 97.5 Å². The topological polar surface area (TPSA) is 16.1 Å². The van der Waals surface area contributed by atoms with Crippen molar-refractivity contribution in [2.45, 2.75) is 24.7 Å². The molecule has 0 N–H and O–H groups in total. The fourth-order valence-corrected chi connectivity index (χ4v) is 3.08. The second kappa shape index (κ2) is 4.73. The first-order valence-electron chi connectivity index (χ1n) is 4.99. The predicted octanol–water partition coefficient (Wildman–Crippen LogP) is 2.75. The molecule has 1 aliphatic rings. The van der Waals surface area contributed by atoms with E-state index in [-0.39, 0.29) is 0 Å². The fourth-order valence-electron chi connectivity index (χ4n) is 1.77. The van der Waals surface area contributed by atoms with Gasteiger partial charge in [0.05, 0.1) is 5.51 Å². The summed E-state index contributed by atoms with van der Waals surface area (Å²) >= 11 is 5.49. The minimum Gasteiger partial charge on any atom is -0.297 e. The highest BCUT2D eigenvalue weighted by molar-refractivity contribution is 9.09. The molecule has 14 heavy (non-hydrogen) atoms. The zero-order chi connectivity index (χ0) is 9.97. The third-order valence-electron chi connectivity index (χ3n) is 2.81. The quantitative estimate of drug-likeness (QED) is 0.771. The largest absolute Gasteiger partial charge is 0.297 e. The molecule has 0 radical (unpaired) electrons. The standard InChI is InChI=1S/C10H15BrN2S/c1-8-2-3-13(6-10(8)11)5-9-4-12-7-14-9/h4,7-8,10H,2-3,5-6H2,1H3. The third-order valence-corrected chi connectivity index (χ3v) is 4.77. The van der Waals surface area contributed by atoms with Crippen LogP contribution in [0.15, 0.2) is 11.7 Å². The van der Waals surface area contributed by atoms with E-state index in [4.69, 9.17) is 0 Å². The van der Waals surface area contributed by atoms with E-state index in [0.717, 1.165) is 12.5 Å². The van der Waals surface area contributed by atoms with Crippen LogP contribution in [0.1, 0.15) is 18.2 Å². The average molecular weight is 275 g/mol. The van der Waals surface area contributed by atoms with Crippen molar-refractivity contribution in [1.82, 2.24) is 9.88 Å². The number of thiazole rings is 1. The molecule has 0 aliphatic carbocycles. The van der Waals surface area contributed by atoms with Crippen LogP contribution in [-0.4, -0.2) is 27.8 Å². The van der Waals surface area contributed by atoms with Crippen LogP contribution in [-0.2, 0) is 6.54 Å². The lowest BCUT2D eigenvalue weighted by Crippen LogP contribution is -2.39. The third kappa shape index (κ3) is 2.55. The Morgan fingerprint density at radius 2 is 2.57 bits per heavy atom. The lowest BCUT2D eigenvalue weighted by atomic mass is 9.99. The maximum Gasteiger partial charge on any atom is 0.0794 e. The van der Waals surface area contributed by atoms with E-state index < -0.39 is 0 Å². The summed E-state index contributed by atoms with van der Waals surface area (Å²) in [5, 5.41) is 0. The number of nitrogens with zero attached hydrogens (tertiary/aromatic N) is 2. The summed E-state index contributed by atoms with van der Waals surface area (Å²) < 4.78 is 0. The molecule has 2 atom stereocenters. The van der Waals surface area contributed by atoms with Gasteiger partial charge in [0.15, 0.2) is 0 Å². The molecule has 0 amide bonds. The van der Waals surface area contributed by atoms with Crippen molar-refractivity contribution in [3.63, 3.8) is 0 Å². The molecule has 2 rings (SSSR count). The smallest absolute Gasteiger partial charge is 0.0794 e. The van der Waals surface area contributed by atoms with Crippen LogP contribution in [0.4, 0.5) is 0 Å². The monoisotopic (exact) mass is 274 g/mol. The highest BCUT2D eigenvalue weighted by atomic mass is 79.9. The molecule has 1 aromatic rings. The first-order chi connectivity index (χ1) is 6.75. The van der Waals surface area contributed by atoms with Gasteiger partial charge < -0.3 is 0 Å². The molecule has 1 aromatic heterocycles. The van der Waals surface area contributed by atoms with Crippen molar-refractivity contribution in [2.75, 3.05) is 13.1 Å². The van der Waals surface area contributed by atoms with E-state index in [9.17, 15) is 0 Å².